The summed E-state index contributed by atoms with van der Waals surface area (Å²) >= 11 is 0. The minimum absolute atomic E-state index is 0.0468. The third-order valence-electron chi connectivity index (χ3n) is 5.99. The van der Waals surface area contributed by atoms with Gasteiger partial charge in [0.2, 0.25) is 21.8 Å². The van der Waals surface area contributed by atoms with Crippen LogP contribution in [-0.2, 0) is 32.6 Å². The van der Waals surface area contributed by atoms with Gasteiger partial charge < -0.3 is 15.0 Å². The highest BCUT2D eigenvalue weighted by atomic mass is 32.2. The molecule has 1 saturated carbocycles. The quantitative estimate of drug-likeness (QED) is 0.439. The average Bonchev–Trinajstić information content (AvgIpc) is 3.67. The fourth-order valence-corrected chi connectivity index (χ4v) is 4.93. The van der Waals surface area contributed by atoms with E-state index in [2.05, 4.69) is 10.0 Å². The molecule has 0 spiro atoms. The molecule has 1 aliphatic rings. The van der Waals surface area contributed by atoms with Gasteiger partial charge in [0, 0.05) is 25.6 Å². The number of hydrogen-bond donors (Lipinski definition) is 2. The number of carbonyl (C=O) groups excluding carboxylic acids is 2. The minimum Gasteiger partial charge on any atom is -0.497 e. The zero-order chi connectivity index (χ0) is 25.4. The van der Waals surface area contributed by atoms with Gasteiger partial charge in [0.1, 0.15) is 11.8 Å². The molecule has 0 aliphatic heterocycles. The van der Waals surface area contributed by atoms with Crippen LogP contribution in [0.2, 0.25) is 0 Å². The Morgan fingerprint density at radius 2 is 1.69 bits per heavy atom. The van der Waals surface area contributed by atoms with Gasteiger partial charge in [0.05, 0.1) is 12.0 Å². The Balaban J connectivity index is 1.67. The molecule has 2 N–H and O–H groups in total. The van der Waals surface area contributed by atoms with Crippen molar-refractivity contribution in [3.05, 3.63) is 59.7 Å². The molecule has 35 heavy (non-hydrogen) atoms. The summed E-state index contributed by atoms with van der Waals surface area (Å²) in [6.07, 6.45) is 3.21. The summed E-state index contributed by atoms with van der Waals surface area (Å²) in [6, 6.07) is 13.4. The molecule has 0 radical (unpaired) electrons. The fourth-order valence-electron chi connectivity index (χ4n) is 3.62. The van der Waals surface area contributed by atoms with Crippen LogP contribution in [0.25, 0.3) is 0 Å². The molecule has 2 aromatic carbocycles. The summed E-state index contributed by atoms with van der Waals surface area (Å²) in [5, 5.41) is 2.87. The van der Waals surface area contributed by atoms with Gasteiger partial charge in [-0.3, -0.25) is 9.59 Å². The molecule has 8 nitrogen and oxygen atoms in total. The number of ether oxygens (including phenoxy) is 1. The lowest BCUT2D eigenvalue weighted by molar-refractivity contribution is -0.140. The third kappa shape index (κ3) is 7.80. The summed E-state index contributed by atoms with van der Waals surface area (Å²) in [5.41, 5.74) is 1.75. The first kappa shape index (κ1) is 26.7. The lowest BCUT2D eigenvalue weighted by Crippen LogP contribution is -2.47. The van der Waals surface area contributed by atoms with Gasteiger partial charge in [-0.25, -0.2) is 13.1 Å². The molecule has 1 atom stereocenters. The standard InChI is InChI=1S/C26H35N3O5S/c1-4-17-27-26(31)19(2)29(18-21-5-12-23(34-3)13-6-21)25(30)16-9-20-7-14-24(15-8-20)35(32,33)28-22-10-11-22/h5-8,12-15,19,22,28H,4,9-11,16-18H2,1-3H3,(H,27,31). The number of carbonyl (C=O) groups is 2. The monoisotopic (exact) mass is 501 g/mol. The normalized spacial score (nSPS) is 14.3. The summed E-state index contributed by atoms with van der Waals surface area (Å²) in [7, 11) is -1.91. The molecule has 190 valence electrons. The highest BCUT2D eigenvalue weighted by Crippen LogP contribution is 2.22. The van der Waals surface area contributed by atoms with Crippen LogP contribution in [0.1, 0.15) is 50.7 Å². The van der Waals surface area contributed by atoms with Crippen molar-refractivity contribution in [3.63, 3.8) is 0 Å². The highest BCUT2D eigenvalue weighted by Gasteiger charge is 2.28. The van der Waals surface area contributed by atoms with Crippen molar-refractivity contribution >= 4 is 21.8 Å². The fraction of sp³-hybridized carbons (Fsp3) is 0.462. The van der Waals surface area contributed by atoms with E-state index in [-0.39, 0.29) is 29.2 Å². The molecule has 1 fully saturated rings. The number of methoxy groups -OCH3 is 1. The third-order valence-corrected chi connectivity index (χ3v) is 7.53. The van der Waals surface area contributed by atoms with Crippen molar-refractivity contribution in [1.29, 1.82) is 0 Å². The van der Waals surface area contributed by atoms with Gasteiger partial charge in [0.25, 0.3) is 0 Å². The van der Waals surface area contributed by atoms with E-state index >= 15 is 0 Å². The van der Waals surface area contributed by atoms with Crippen LogP contribution in [0.4, 0.5) is 0 Å². The second kappa shape index (κ2) is 12.2. The molecule has 2 aromatic rings. The minimum atomic E-state index is -3.51. The second-order valence-corrected chi connectivity index (χ2v) is 10.6. The van der Waals surface area contributed by atoms with E-state index in [1.165, 1.54) is 0 Å². The van der Waals surface area contributed by atoms with Crippen molar-refractivity contribution in [3.8, 4) is 5.75 Å². The first-order chi connectivity index (χ1) is 16.7. The van der Waals surface area contributed by atoms with Crippen LogP contribution < -0.4 is 14.8 Å². The molecule has 0 heterocycles. The van der Waals surface area contributed by atoms with Crippen molar-refractivity contribution in [1.82, 2.24) is 14.9 Å². The number of hydrogen-bond acceptors (Lipinski definition) is 5. The van der Waals surface area contributed by atoms with Gasteiger partial charge in [-0.15, -0.1) is 0 Å². The first-order valence-corrected chi connectivity index (χ1v) is 13.5. The summed E-state index contributed by atoms with van der Waals surface area (Å²) in [4.78, 5) is 27.7. The van der Waals surface area contributed by atoms with Crippen LogP contribution >= 0.6 is 0 Å². The van der Waals surface area contributed by atoms with Gasteiger partial charge in [-0.1, -0.05) is 31.2 Å². The lowest BCUT2D eigenvalue weighted by atomic mass is 10.1. The van der Waals surface area contributed by atoms with Gasteiger partial charge >= 0.3 is 0 Å². The van der Waals surface area contributed by atoms with Crippen LogP contribution in [0.3, 0.4) is 0 Å². The number of benzene rings is 2. The van der Waals surface area contributed by atoms with E-state index in [4.69, 9.17) is 4.74 Å². The Morgan fingerprint density at radius 3 is 2.26 bits per heavy atom. The van der Waals surface area contributed by atoms with E-state index in [0.717, 1.165) is 36.1 Å². The predicted octanol–water partition coefficient (Wildman–Crippen LogP) is 3.01. The number of aryl methyl sites for hydroxylation is 1. The molecule has 0 saturated heterocycles. The van der Waals surface area contributed by atoms with Gasteiger partial charge in [-0.05, 0) is 68.0 Å². The zero-order valence-electron chi connectivity index (χ0n) is 20.6. The topological polar surface area (TPSA) is 105 Å². The van der Waals surface area contributed by atoms with Crippen molar-refractivity contribution in [2.75, 3.05) is 13.7 Å². The lowest BCUT2D eigenvalue weighted by Gasteiger charge is -2.29. The SMILES string of the molecule is CCCNC(=O)C(C)N(Cc1ccc(OC)cc1)C(=O)CCc1ccc(S(=O)(=O)NC2CC2)cc1. The van der Waals surface area contributed by atoms with Crippen molar-refractivity contribution in [2.45, 2.75) is 69.5 Å². The van der Waals surface area contributed by atoms with Crippen LogP contribution in [0.15, 0.2) is 53.4 Å². The zero-order valence-corrected chi connectivity index (χ0v) is 21.4. The Hall–Kier alpha value is -2.91. The van der Waals surface area contributed by atoms with E-state index in [9.17, 15) is 18.0 Å². The maximum atomic E-state index is 13.2. The summed E-state index contributed by atoms with van der Waals surface area (Å²) in [5.74, 6) is 0.386. The number of nitrogens with zero attached hydrogens (tertiary/aromatic N) is 1. The molecule has 1 aliphatic carbocycles. The second-order valence-electron chi connectivity index (χ2n) is 8.88. The smallest absolute Gasteiger partial charge is 0.242 e. The molecular formula is C26H35N3O5S. The first-order valence-electron chi connectivity index (χ1n) is 12.0. The maximum absolute atomic E-state index is 13.2. The highest BCUT2D eigenvalue weighted by molar-refractivity contribution is 7.89. The molecule has 0 bridgehead atoms. The Labute approximate surface area is 208 Å². The average molecular weight is 502 g/mol. The van der Waals surface area contributed by atoms with Crippen LogP contribution in [0, 0.1) is 0 Å². The Morgan fingerprint density at radius 1 is 1.06 bits per heavy atom. The van der Waals surface area contributed by atoms with Crippen molar-refractivity contribution in [2.24, 2.45) is 0 Å². The van der Waals surface area contributed by atoms with E-state index < -0.39 is 16.1 Å². The van der Waals surface area contributed by atoms with Crippen LogP contribution in [0.5, 0.6) is 5.75 Å². The molecule has 1 unspecified atom stereocenters. The summed E-state index contributed by atoms with van der Waals surface area (Å²) < 4.78 is 32.6. The van der Waals surface area contributed by atoms with Crippen LogP contribution in [-0.4, -0.2) is 50.9 Å². The molecule has 0 aromatic heterocycles. The van der Waals surface area contributed by atoms with E-state index in [1.54, 1.807) is 43.2 Å². The predicted molar refractivity (Wildman–Crippen MR) is 134 cm³/mol. The van der Waals surface area contributed by atoms with E-state index in [0.29, 0.717) is 19.5 Å². The van der Waals surface area contributed by atoms with Gasteiger partial charge in [-0.2, -0.15) is 0 Å². The van der Waals surface area contributed by atoms with Crippen molar-refractivity contribution < 1.29 is 22.7 Å². The summed E-state index contributed by atoms with van der Waals surface area (Å²) in [6.45, 7) is 4.56. The van der Waals surface area contributed by atoms with Gasteiger partial charge in [0.15, 0.2) is 0 Å². The number of rotatable bonds is 13. The molecule has 2 amide bonds. The number of amides is 2. The largest absolute Gasteiger partial charge is 0.497 e. The van der Waals surface area contributed by atoms with E-state index in [1.807, 2.05) is 31.2 Å². The molecule has 9 heteroatoms. The number of nitrogens with one attached hydrogen (secondary N) is 2. The maximum Gasteiger partial charge on any atom is 0.242 e. The molecule has 3 rings (SSSR count). The molecular weight excluding hydrogens is 466 g/mol. The Bertz CT molecular complexity index is 1100. The Kier molecular flexibility index (Phi) is 9.28. The number of sulfonamides is 1.